The van der Waals surface area contributed by atoms with Crippen LogP contribution in [-0.4, -0.2) is 41.8 Å². The Balaban J connectivity index is 0.00000169. The van der Waals surface area contributed by atoms with Gasteiger partial charge in [-0.1, -0.05) is 24.3 Å². The van der Waals surface area contributed by atoms with Crippen LogP contribution in [0, 0.1) is 0 Å². The lowest BCUT2D eigenvalue weighted by molar-refractivity contribution is 0.0869. The van der Waals surface area contributed by atoms with Crippen molar-refractivity contribution in [3.05, 3.63) is 59.4 Å². The van der Waals surface area contributed by atoms with E-state index in [9.17, 15) is 9.90 Å². The Kier molecular flexibility index (Phi) is 8.81. The molecule has 0 fully saturated rings. The standard InChI is InChI=1S/C18H21N3O3.2ClH/c1-24-15-6-14(8-19-10-15)18(23)21-11-17(22)16-7-12-4-2-3-5-13(12)9-20-16;;/h2-6,8,10,16-17,20,22H,7,9,11H2,1H3,(H,21,23);2*1H/t16-,17?;;/m0../s1. The number of benzene rings is 1. The molecule has 8 heteroatoms. The van der Waals surface area contributed by atoms with Crippen LogP contribution >= 0.6 is 24.8 Å². The van der Waals surface area contributed by atoms with E-state index in [1.165, 1.54) is 30.6 Å². The third-order valence-electron chi connectivity index (χ3n) is 4.26. The van der Waals surface area contributed by atoms with Gasteiger partial charge < -0.3 is 20.5 Å². The fourth-order valence-corrected chi connectivity index (χ4v) is 2.85. The molecule has 2 heterocycles. The fraction of sp³-hybridized carbons (Fsp3) is 0.333. The summed E-state index contributed by atoms with van der Waals surface area (Å²) in [7, 11) is 1.52. The number of ether oxygens (including phenoxy) is 1. The molecular weight excluding hydrogens is 377 g/mol. The Morgan fingerprint density at radius 3 is 2.81 bits per heavy atom. The van der Waals surface area contributed by atoms with E-state index in [2.05, 4.69) is 27.8 Å². The highest BCUT2D eigenvalue weighted by Gasteiger charge is 2.24. The van der Waals surface area contributed by atoms with Crippen LogP contribution in [0.3, 0.4) is 0 Å². The molecule has 2 aromatic rings. The van der Waals surface area contributed by atoms with Gasteiger partial charge in [-0.05, 0) is 23.6 Å². The maximum absolute atomic E-state index is 12.2. The van der Waals surface area contributed by atoms with Crippen molar-refractivity contribution in [1.82, 2.24) is 15.6 Å². The number of carbonyl (C=O) groups is 1. The van der Waals surface area contributed by atoms with E-state index in [1.807, 2.05) is 12.1 Å². The molecule has 2 atom stereocenters. The van der Waals surface area contributed by atoms with Crippen molar-refractivity contribution in [2.75, 3.05) is 13.7 Å². The van der Waals surface area contributed by atoms with Crippen LogP contribution in [0.15, 0.2) is 42.7 Å². The summed E-state index contributed by atoms with van der Waals surface area (Å²) in [6.45, 7) is 0.904. The maximum atomic E-state index is 12.2. The molecule has 1 aromatic heterocycles. The van der Waals surface area contributed by atoms with Crippen molar-refractivity contribution in [2.24, 2.45) is 0 Å². The molecule has 26 heavy (non-hydrogen) atoms. The van der Waals surface area contributed by atoms with Crippen LogP contribution in [0.2, 0.25) is 0 Å². The number of hydrogen-bond acceptors (Lipinski definition) is 5. The quantitative estimate of drug-likeness (QED) is 0.712. The Bertz CT molecular complexity index is 730. The van der Waals surface area contributed by atoms with Crippen LogP contribution in [0.25, 0.3) is 0 Å². The molecule has 0 saturated carbocycles. The number of pyridine rings is 1. The minimum Gasteiger partial charge on any atom is -0.495 e. The Morgan fingerprint density at radius 1 is 1.35 bits per heavy atom. The van der Waals surface area contributed by atoms with Gasteiger partial charge in [0.05, 0.1) is 25.0 Å². The number of hydrogen-bond donors (Lipinski definition) is 3. The summed E-state index contributed by atoms with van der Waals surface area (Å²) >= 11 is 0. The van der Waals surface area contributed by atoms with E-state index in [0.29, 0.717) is 11.3 Å². The molecule has 3 N–H and O–H groups in total. The third-order valence-corrected chi connectivity index (χ3v) is 4.26. The highest BCUT2D eigenvalue weighted by Crippen LogP contribution is 2.18. The number of carbonyl (C=O) groups excluding carboxylic acids is 1. The van der Waals surface area contributed by atoms with Crippen molar-refractivity contribution in [3.8, 4) is 5.75 Å². The highest BCUT2D eigenvalue weighted by molar-refractivity contribution is 5.94. The Morgan fingerprint density at radius 2 is 2.08 bits per heavy atom. The second kappa shape index (κ2) is 10.3. The summed E-state index contributed by atoms with van der Waals surface area (Å²) in [5.41, 5.74) is 2.90. The van der Waals surface area contributed by atoms with Gasteiger partial charge >= 0.3 is 0 Å². The molecule has 1 aliphatic heterocycles. The second-order valence-electron chi connectivity index (χ2n) is 5.85. The van der Waals surface area contributed by atoms with Gasteiger partial charge in [0.25, 0.3) is 5.91 Å². The molecule has 0 spiro atoms. The number of aliphatic hydroxyl groups is 1. The van der Waals surface area contributed by atoms with E-state index in [4.69, 9.17) is 4.74 Å². The van der Waals surface area contributed by atoms with Gasteiger partial charge in [0.2, 0.25) is 0 Å². The average molecular weight is 400 g/mol. The number of rotatable bonds is 5. The molecule has 142 valence electrons. The van der Waals surface area contributed by atoms with Crippen molar-refractivity contribution >= 4 is 30.7 Å². The SMILES string of the molecule is COc1cncc(C(=O)NCC(O)[C@@H]2Cc3ccccc3CN2)c1.Cl.Cl. The van der Waals surface area contributed by atoms with Crippen LogP contribution in [0.4, 0.5) is 0 Å². The van der Waals surface area contributed by atoms with Crippen molar-refractivity contribution in [1.29, 1.82) is 0 Å². The molecule has 6 nitrogen and oxygen atoms in total. The van der Waals surface area contributed by atoms with Crippen molar-refractivity contribution < 1.29 is 14.6 Å². The van der Waals surface area contributed by atoms with Crippen LogP contribution in [-0.2, 0) is 13.0 Å². The highest BCUT2D eigenvalue weighted by atomic mass is 35.5. The lowest BCUT2D eigenvalue weighted by Crippen LogP contribution is -2.49. The Labute approximate surface area is 165 Å². The number of halogens is 2. The Hall–Kier alpha value is -1.86. The zero-order chi connectivity index (χ0) is 16.9. The van der Waals surface area contributed by atoms with Gasteiger partial charge in [-0.25, -0.2) is 0 Å². The van der Waals surface area contributed by atoms with Gasteiger partial charge in [0.1, 0.15) is 5.75 Å². The lowest BCUT2D eigenvalue weighted by Gasteiger charge is -2.30. The molecule has 1 unspecified atom stereocenters. The molecule has 0 aliphatic carbocycles. The van der Waals surface area contributed by atoms with Gasteiger partial charge in [0, 0.05) is 25.3 Å². The maximum Gasteiger partial charge on any atom is 0.253 e. The first kappa shape index (κ1) is 22.2. The average Bonchev–Trinajstić information content (AvgIpc) is 2.65. The fourth-order valence-electron chi connectivity index (χ4n) is 2.85. The number of amides is 1. The molecule has 0 saturated heterocycles. The number of nitrogens with one attached hydrogen (secondary N) is 2. The smallest absolute Gasteiger partial charge is 0.253 e. The number of methoxy groups -OCH3 is 1. The first-order chi connectivity index (χ1) is 11.7. The van der Waals surface area contributed by atoms with Gasteiger partial charge in [0.15, 0.2) is 0 Å². The van der Waals surface area contributed by atoms with E-state index < -0.39 is 6.10 Å². The normalized spacial score (nSPS) is 16.3. The lowest BCUT2D eigenvalue weighted by atomic mass is 9.93. The number of nitrogens with zero attached hydrogens (tertiary/aromatic N) is 1. The summed E-state index contributed by atoms with van der Waals surface area (Å²) in [6, 6.07) is 9.72. The summed E-state index contributed by atoms with van der Waals surface area (Å²) in [5.74, 6) is 0.241. The first-order valence-corrected chi connectivity index (χ1v) is 7.93. The summed E-state index contributed by atoms with van der Waals surface area (Å²) in [6.07, 6.45) is 3.09. The summed E-state index contributed by atoms with van der Waals surface area (Å²) in [5, 5.41) is 16.4. The van der Waals surface area contributed by atoms with E-state index in [-0.39, 0.29) is 43.3 Å². The molecular formula is C18H23Cl2N3O3. The molecule has 0 bridgehead atoms. The minimum atomic E-state index is -0.666. The zero-order valence-electron chi connectivity index (χ0n) is 14.3. The van der Waals surface area contributed by atoms with Crippen molar-refractivity contribution in [2.45, 2.75) is 25.1 Å². The number of aliphatic hydroxyl groups excluding tert-OH is 1. The van der Waals surface area contributed by atoms with Gasteiger partial charge in [-0.2, -0.15) is 0 Å². The summed E-state index contributed by atoms with van der Waals surface area (Å²) in [4.78, 5) is 16.1. The summed E-state index contributed by atoms with van der Waals surface area (Å²) < 4.78 is 5.06. The molecule has 1 aromatic carbocycles. The molecule has 0 radical (unpaired) electrons. The first-order valence-electron chi connectivity index (χ1n) is 7.93. The number of fused-ring (bicyclic) bond motifs is 1. The number of aromatic nitrogens is 1. The topological polar surface area (TPSA) is 83.5 Å². The van der Waals surface area contributed by atoms with Crippen LogP contribution in [0.1, 0.15) is 21.5 Å². The molecule has 3 rings (SSSR count). The molecule has 1 aliphatic rings. The largest absolute Gasteiger partial charge is 0.495 e. The van der Waals surface area contributed by atoms with E-state index in [0.717, 1.165) is 13.0 Å². The third kappa shape index (κ3) is 5.32. The predicted molar refractivity (Wildman–Crippen MR) is 104 cm³/mol. The van der Waals surface area contributed by atoms with E-state index in [1.54, 1.807) is 6.07 Å². The van der Waals surface area contributed by atoms with Gasteiger partial charge in [-0.3, -0.25) is 9.78 Å². The minimum absolute atomic E-state index is 0. The molecule has 1 amide bonds. The van der Waals surface area contributed by atoms with Crippen LogP contribution < -0.4 is 15.4 Å². The van der Waals surface area contributed by atoms with E-state index >= 15 is 0 Å². The van der Waals surface area contributed by atoms with Crippen molar-refractivity contribution in [3.63, 3.8) is 0 Å². The monoisotopic (exact) mass is 399 g/mol. The van der Waals surface area contributed by atoms with Gasteiger partial charge in [-0.15, -0.1) is 24.8 Å². The second-order valence-corrected chi connectivity index (χ2v) is 5.85. The zero-order valence-corrected chi connectivity index (χ0v) is 16.0. The predicted octanol–water partition coefficient (Wildman–Crippen LogP) is 1.74. The van der Waals surface area contributed by atoms with Crippen LogP contribution in [0.5, 0.6) is 5.75 Å².